The van der Waals surface area contributed by atoms with E-state index < -0.39 is 16.5 Å². The van der Waals surface area contributed by atoms with Crippen LogP contribution in [0.5, 0.6) is 0 Å². The second-order valence-corrected chi connectivity index (χ2v) is 6.32. The van der Waals surface area contributed by atoms with E-state index >= 15 is 0 Å². The molecule has 0 saturated carbocycles. The fraction of sp³-hybridized carbons (Fsp3) is 0.438. The highest BCUT2D eigenvalue weighted by Crippen LogP contribution is 2.26. The van der Waals surface area contributed by atoms with E-state index in [1.165, 1.54) is 6.07 Å². The Bertz CT molecular complexity index is 757. The van der Waals surface area contributed by atoms with Crippen molar-refractivity contribution in [2.45, 2.75) is 24.8 Å². The van der Waals surface area contributed by atoms with E-state index in [2.05, 4.69) is 16.0 Å². The number of nitrogens with one attached hydrogen (secondary N) is 3. The number of imide groups is 1. The van der Waals surface area contributed by atoms with Crippen LogP contribution in [-0.4, -0.2) is 52.8 Å². The number of benzene rings is 1. The standard InChI is InChI=1S/C16H19N5O5/c22-13(5-8-17-11-3-1-2-4-12(11)21(25)26)20-9-6-16(7-10-20)14(23)18-15(24)19-16/h1-4,17H,5-10H2,(H2,18,19,23,24). The van der Waals surface area contributed by atoms with Gasteiger partial charge in [-0.3, -0.25) is 25.0 Å². The molecule has 2 saturated heterocycles. The van der Waals surface area contributed by atoms with Crippen molar-refractivity contribution in [3.05, 3.63) is 34.4 Å². The third-order valence-corrected chi connectivity index (χ3v) is 4.74. The van der Waals surface area contributed by atoms with Gasteiger partial charge in [-0.2, -0.15) is 0 Å². The molecular formula is C16H19N5O5. The van der Waals surface area contributed by atoms with E-state index in [-0.39, 0.29) is 30.5 Å². The molecule has 0 aliphatic carbocycles. The van der Waals surface area contributed by atoms with E-state index in [0.717, 1.165) is 0 Å². The number of nitrogens with zero attached hydrogens (tertiary/aromatic N) is 2. The molecule has 0 unspecified atom stereocenters. The Morgan fingerprint density at radius 3 is 2.58 bits per heavy atom. The predicted octanol–water partition coefficient (Wildman–Crippen LogP) is 0.597. The Labute approximate surface area is 149 Å². The second-order valence-electron chi connectivity index (χ2n) is 6.32. The monoisotopic (exact) mass is 361 g/mol. The minimum atomic E-state index is -0.906. The lowest BCUT2D eigenvalue weighted by Crippen LogP contribution is -2.55. The molecule has 138 valence electrons. The third-order valence-electron chi connectivity index (χ3n) is 4.74. The Hall–Kier alpha value is -3.17. The van der Waals surface area contributed by atoms with Gasteiger partial charge in [0.1, 0.15) is 11.2 Å². The number of anilines is 1. The molecule has 2 heterocycles. The number of nitro groups is 1. The van der Waals surface area contributed by atoms with Crippen molar-refractivity contribution in [3.8, 4) is 0 Å². The van der Waals surface area contributed by atoms with Gasteiger partial charge in [0.25, 0.3) is 11.6 Å². The zero-order chi connectivity index (χ0) is 18.7. The van der Waals surface area contributed by atoms with Crippen LogP contribution in [0.25, 0.3) is 0 Å². The van der Waals surface area contributed by atoms with Crippen LogP contribution in [0.15, 0.2) is 24.3 Å². The summed E-state index contributed by atoms with van der Waals surface area (Å²) in [5, 5.41) is 18.8. The van der Waals surface area contributed by atoms with E-state index in [0.29, 0.717) is 31.6 Å². The Balaban J connectivity index is 1.49. The molecule has 26 heavy (non-hydrogen) atoms. The summed E-state index contributed by atoms with van der Waals surface area (Å²) in [7, 11) is 0. The Morgan fingerprint density at radius 1 is 1.27 bits per heavy atom. The maximum atomic E-state index is 12.3. The first kappa shape index (κ1) is 17.6. The first-order chi connectivity index (χ1) is 12.4. The quantitative estimate of drug-likeness (QED) is 0.399. The molecule has 2 aliphatic heterocycles. The van der Waals surface area contributed by atoms with Crippen molar-refractivity contribution < 1.29 is 19.3 Å². The number of hydrogen-bond acceptors (Lipinski definition) is 6. The summed E-state index contributed by atoms with van der Waals surface area (Å²) in [6.45, 7) is 1.01. The number of amides is 4. The second kappa shape index (κ2) is 6.98. The molecule has 3 rings (SSSR count). The van der Waals surface area contributed by atoms with Crippen molar-refractivity contribution >= 4 is 29.2 Å². The summed E-state index contributed by atoms with van der Waals surface area (Å²) in [6.07, 6.45) is 0.916. The zero-order valence-electron chi connectivity index (χ0n) is 14.0. The van der Waals surface area contributed by atoms with Crippen LogP contribution < -0.4 is 16.0 Å². The molecule has 1 aromatic carbocycles. The topological polar surface area (TPSA) is 134 Å². The van der Waals surface area contributed by atoms with Gasteiger partial charge in [0, 0.05) is 32.1 Å². The van der Waals surface area contributed by atoms with Crippen molar-refractivity contribution in [1.29, 1.82) is 0 Å². The molecule has 2 aliphatic rings. The lowest BCUT2D eigenvalue weighted by atomic mass is 9.87. The minimum Gasteiger partial charge on any atom is -0.379 e. The van der Waals surface area contributed by atoms with Gasteiger partial charge in [0.15, 0.2) is 0 Å². The van der Waals surface area contributed by atoms with Gasteiger partial charge in [-0.15, -0.1) is 0 Å². The maximum absolute atomic E-state index is 12.3. The van der Waals surface area contributed by atoms with E-state index in [1.807, 2.05) is 0 Å². The number of urea groups is 1. The summed E-state index contributed by atoms with van der Waals surface area (Å²) in [5.41, 5.74) is -0.576. The van der Waals surface area contributed by atoms with Gasteiger partial charge in [-0.25, -0.2) is 4.79 Å². The third kappa shape index (κ3) is 3.44. The van der Waals surface area contributed by atoms with Crippen LogP contribution in [0.3, 0.4) is 0 Å². The summed E-state index contributed by atoms with van der Waals surface area (Å²) in [6, 6.07) is 5.76. The molecule has 0 bridgehead atoms. The molecule has 4 amide bonds. The first-order valence-corrected chi connectivity index (χ1v) is 8.30. The van der Waals surface area contributed by atoms with E-state index in [9.17, 15) is 24.5 Å². The van der Waals surface area contributed by atoms with Gasteiger partial charge in [-0.05, 0) is 18.9 Å². The molecule has 0 radical (unpaired) electrons. The molecule has 0 aromatic heterocycles. The summed E-state index contributed by atoms with van der Waals surface area (Å²) in [5.74, 6) is -0.441. The lowest BCUT2D eigenvalue weighted by molar-refractivity contribution is -0.384. The number of para-hydroxylation sites is 2. The number of piperidine rings is 1. The molecule has 1 spiro atoms. The highest BCUT2D eigenvalue weighted by Gasteiger charge is 2.48. The van der Waals surface area contributed by atoms with Crippen molar-refractivity contribution in [2.75, 3.05) is 25.0 Å². The molecule has 0 atom stereocenters. The van der Waals surface area contributed by atoms with Crippen LogP contribution in [0.2, 0.25) is 0 Å². The largest absolute Gasteiger partial charge is 0.379 e. The summed E-state index contributed by atoms with van der Waals surface area (Å²) in [4.78, 5) is 47.7. The molecule has 3 N–H and O–H groups in total. The predicted molar refractivity (Wildman–Crippen MR) is 91.4 cm³/mol. The number of rotatable bonds is 5. The van der Waals surface area contributed by atoms with E-state index in [1.54, 1.807) is 23.1 Å². The van der Waals surface area contributed by atoms with Crippen molar-refractivity contribution in [3.63, 3.8) is 0 Å². The maximum Gasteiger partial charge on any atom is 0.322 e. The highest BCUT2D eigenvalue weighted by atomic mass is 16.6. The molecule has 1 aromatic rings. The summed E-state index contributed by atoms with van der Waals surface area (Å²) >= 11 is 0. The van der Waals surface area contributed by atoms with Crippen LogP contribution in [0, 0.1) is 10.1 Å². The number of nitro benzene ring substituents is 1. The van der Waals surface area contributed by atoms with Crippen molar-refractivity contribution in [1.82, 2.24) is 15.5 Å². The van der Waals surface area contributed by atoms with Crippen LogP contribution in [0.4, 0.5) is 16.2 Å². The Morgan fingerprint density at radius 2 is 1.96 bits per heavy atom. The average molecular weight is 361 g/mol. The number of hydrogen-bond donors (Lipinski definition) is 3. The number of carbonyl (C=O) groups excluding carboxylic acids is 3. The van der Waals surface area contributed by atoms with Gasteiger partial charge in [0.2, 0.25) is 5.91 Å². The highest BCUT2D eigenvalue weighted by molar-refractivity contribution is 6.07. The number of carbonyl (C=O) groups is 3. The minimum absolute atomic E-state index is 0.0390. The smallest absolute Gasteiger partial charge is 0.322 e. The number of likely N-dealkylation sites (tertiary alicyclic amines) is 1. The normalized spacial score (nSPS) is 18.4. The van der Waals surface area contributed by atoms with Gasteiger partial charge < -0.3 is 15.5 Å². The van der Waals surface area contributed by atoms with Crippen LogP contribution in [-0.2, 0) is 9.59 Å². The van der Waals surface area contributed by atoms with Crippen LogP contribution >= 0.6 is 0 Å². The molecular weight excluding hydrogens is 342 g/mol. The van der Waals surface area contributed by atoms with Gasteiger partial charge >= 0.3 is 6.03 Å². The fourth-order valence-corrected chi connectivity index (χ4v) is 3.26. The zero-order valence-corrected chi connectivity index (χ0v) is 14.0. The fourth-order valence-electron chi connectivity index (χ4n) is 3.26. The van der Waals surface area contributed by atoms with Gasteiger partial charge in [0.05, 0.1) is 4.92 Å². The first-order valence-electron chi connectivity index (χ1n) is 8.30. The van der Waals surface area contributed by atoms with E-state index in [4.69, 9.17) is 0 Å². The molecule has 10 nitrogen and oxygen atoms in total. The van der Waals surface area contributed by atoms with Gasteiger partial charge in [-0.1, -0.05) is 12.1 Å². The summed E-state index contributed by atoms with van der Waals surface area (Å²) < 4.78 is 0. The Kier molecular flexibility index (Phi) is 4.74. The molecule has 10 heteroatoms. The van der Waals surface area contributed by atoms with Crippen molar-refractivity contribution in [2.24, 2.45) is 0 Å². The SMILES string of the molecule is O=C1NC(=O)C2(CCN(C(=O)CCNc3ccccc3[N+](=O)[O-])CC2)N1. The lowest BCUT2D eigenvalue weighted by Gasteiger charge is -2.37. The molecule has 2 fully saturated rings. The average Bonchev–Trinajstić information content (AvgIpc) is 2.88. The van der Waals surface area contributed by atoms with Crippen LogP contribution in [0.1, 0.15) is 19.3 Å².